The fourth-order valence-corrected chi connectivity index (χ4v) is 7.06. The molecule has 272 valence electrons. The van der Waals surface area contributed by atoms with Gasteiger partial charge in [-0.1, -0.05) is 115 Å². The number of carbonyl (C=O) groups is 4. The highest BCUT2D eigenvalue weighted by Gasteiger charge is 2.52. The summed E-state index contributed by atoms with van der Waals surface area (Å²) in [5.74, 6) is -0.539. The van der Waals surface area contributed by atoms with Crippen LogP contribution in [0.1, 0.15) is 22.3 Å². The molecule has 2 fully saturated rings. The smallest absolute Gasteiger partial charge is 0.411 e. The van der Waals surface area contributed by atoms with Crippen LogP contribution in [-0.4, -0.2) is 75.6 Å². The summed E-state index contributed by atoms with van der Waals surface area (Å²) in [5, 5.41) is 20.3. The summed E-state index contributed by atoms with van der Waals surface area (Å²) < 4.78 is 5.34. The molecule has 0 aliphatic carbocycles. The number of benzene rings is 5. The first-order chi connectivity index (χ1) is 26.4. The first-order valence-electron chi connectivity index (χ1n) is 17.7. The van der Waals surface area contributed by atoms with E-state index < -0.39 is 24.3 Å². The second-order valence-corrected chi connectivity index (χ2v) is 13.2. The molecule has 0 bridgehead atoms. The van der Waals surface area contributed by atoms with Crippen LogP contribution < -0.4 is 10.6 Å². The van der Waals surface area contributed by atoms with Gasteiger partial charge in [-0.25, -0.2) is 14.6 Å². The molecule has 0 spiro atoms. The van der Waals surface area contributed by atoms with Crippen molar-refractivity contribution in [2.45, 2.75) is 38.3 Å². The quantitative estimate of drug-likeness (QED) is 0.168. The molecule has 7 rings (SSSR count). The highest BCUT2D eigenvalue weighted by molar-refractivity contribution is 5.92. The minimum absolute atomic E-state index is 0.131. The zero-order chi connectivity index (χ0) is 37.4. The molecule has 5 amide bonds. The molecule has 12 nitrogen and oxygen atoms in total. The van der Waals surface area contributed by atoms with Crippen molar-refractivity contribution >= 4 is 40.4 Å². The Hall–Kier alpha value is -6.71. The van der Waals surface area contributed by atoms with Crippen LogP contribution in [0.2, 0.25) is 0 Å². The van der Waals surface area contributed by atoms with Gasteiger partial charge in [0.15, 0.2) is 0 Å². The van der Waals surface area contributed by atoms with Gasteiger partial charge >= 0.3 is 12.1 Å². The van der Waals surface area contributed by atoms with Gasteiger partial charge in [-0.15, -0.1) is 0 Å². The van der Waals surface area contributed by atoms with Gasteiger partial charge in [0.05, 0.1) is 19.2 Å². The third-order valence-corrected chi connectivity index (χ3v) is 9.70. The maximum atomic E-state index is 14.5. The molecule has 0 radical (unpaired) electrons. The average molecular weight is 722 g/mol. The van der Waals surface area contributed by atoms with Crippen molar-refractivity contribution in [3.63, 3.8) is 0 Å². The van der Waals surface area contributed by atoms with Gasteiger partial charge < -0.3 is 19.9 Å². The zero-order valence-electron chi connectivity index (χ0n) is 29.5. The summed E-state index contributed by atoms with van der Waals surface area (Å²) in [6.07, 6.45) is -1.11. The van der Waals surface area contributed by atoms with E-state index in [2.05, 4.69) is 16.7 Å². The molecule has 2 N–H and O–H groups in total. The summed E-state index contributed by atoms with van der Waals surface area (Å²) in [5.41, 5.74) is 3.99. The lowest BCUT2D eigenvalue weighted by molar-refractivity contribution is -0.157. The fourth-order valence-electron chi connectivity index (χ4n) is 7.06. The maximum Gasteiger partial charge on any atom is 0.411 e. The van der Waals surface area contributed by atoms with Gasteiger partial charge in [0.25, 0.3) is 0 Å². The fraction of sp³-hybridized carbons (Fsp3) is 0.214. The minimum atomic E-state index is -0.887. The topological polar surface area (TPSA) is 138 Å². The highest BCUT2D eigenvalue weighted by Crippen LogP contribution is 2.31. The van der Waals surface area contributed by atoms with E-state index >= 15 is 0 Å². The van der Waals surface area contributed by atoms with Crippen molar-refractivity contribution < 1.29 is 23.9 Å². The van der Waals surface area contributed by atoms with E-state index in [0.717, 1.165) is 33.0 Å². The predicted octanol–water partition coefficient (Wildman–Crippen LogP) is 5.66. The number of fused-ring (bicyclic) bond motifs is 2. The minimum Gasteiger partial charge on any atom is -0.444 e. The lowest BCUT2D eigenvalue weighted by atomic mass is 9.98. The van der Waals surface area contributed by atoms with Crippen LogP contribution >= 0.6 is 0 Å². The number of anilines is 1. The number of nitriles is 1. The number of hydrazine groups is 1. The molecule has 0 unspecified atom stereocenters. The number of nitrogens with one attached hydrogen (secondary N) is 2. The average Bonchev–Trinajstić information content (AvgIpc) is 3.53. The molecule has 2 saturated heterocycles. The van der Waals surface area contributed by atoms with Crippen LogP contribution in [0, 0.1) is 11.3 Å². The first-order valence-corrected chi connectivity index (χ1v) is 17.7. The summed E-state index contributed by atoms with van der Waals surface area (Å²) >= 11 is 0. The largest absolute Gasteiger partial charge is 0.444 e. The SMILES string of the molecule is N#CCN(C(=O)NCc1ccccc1)N1CC(=O)N2[C@@H](Cc3ccc(NC(=O)OCc4ccccc4)cc3)C(=O)N(Cc3cccc4ccccc34)C[C@@H]21. The molecule has 2 aliphatic heterocycles. The van der Waals surface area contributed by atoms with E-state index in [-0.39, 0.29) is 57.6 Å². The molecule has 2 aliphatic rings. The molecule has 5 aromatic carbocycles. The van der Waals surface area contributed by atoms with E-state index in [1.807, 2.05) is 103 Å². The van der Waals surface area contributed by atoms with Gasteiger partial charge in [0, 0.05) is 25.2 Å². The van der Waals surface area contributed by atoms with Gasteiger partial charge in [0.2, 0.25) is 11.8 Å². The first kappa shape index (κ1) is 35.7. The molecular weight excluding hydrogens is 683 g/mol. The summed E-state index contributed by atoms with van der Waals surface area (Å²) in [7, 11) is 0. The Kier molecular flexibility index (Phi) is 10.8. The van der Waals surface area contributed by atoms with Gasteiger partial charge in [-0.05, 0) is 45.2 Å². The van der Waals surface area contributed by atoms with E-state index in [0.29, 0.717) is 5.69 Å². The van der Waals surface area contributed by atoms with Crippen LogP contribution in [0.3, 0.4) is 0 Å². The standard InChI is InChI=1S/C42H39N7O5/c43-22-23-47(41(52)44-25-31-10-3-1-4-11-31)48-28-39(50)49-37(24-30-18-20-35(21-19-30)45-42(53)54-29-32-12-5-2-6-13-32)40(51)46(27-38(48)49)26-34-16-9-15-33-14-7-8-17-36(33)34/h1-21,37-38H,23-29H2,(H,44,52)(H,45,53)/t37-,38+/m0/s1. The molecule has 2 atom stereocenters. The number of ether oxygens (including phenoxy) is 1. The molecule has 0 saturated carbocycles. The Bertz CT molecular complexity index is 2170. The summed E-state index contributed by atoms with van der Waals surface area (Å²) in [4.78, 5) is 57.7. The molecule has 2 heterocycles. The number of rotatable bonds is 11. The van der Waals surface area contributed by atoms with E-state index in [9.17, 15) is 24.4 Å². The van der Waals surface area contributed by atoms with Crippen molar-refractivity contribution in [3.8, 4) is 6.07 Å². The second-order valence-electron chi connectivity index (χ2n) is 13.2. The summed E-state index contributed by atoms with van der Waals surface area (Å²) in [6, 6.07) is 40.4. The number of hydrogen-bond donors (Lipinski definition) is 2. The van der Waals surface area contributed by atoms with Crippen molar-refractivity contribution in [3.05, 3.63) is 150 Å². The van der Waals surface area contributed by atoms with Crippen molar-refractivity contribution in [1.29, 1.82) is 5.26 Å². The molecule has 5 aromatic rings. The Balaban J connectivity index is 1.12. The van der Waals surface area contributed by atoms with Crippen molar-refractivity contribution in [2.75, 3.05) is 25.0 Å². The van der Waals surface area contributed by atoms with E-state index in [1.165, 1.54) is 5.01 Å². The zero-order valence-corrected chi connectivity index (χ0v) is 29.5. The Morgan fingerprint density at radius 1 is 0.815 bits per heavy atom. The highest BCUT2D eigenvalue weighted by atomic mass is 16.5. The molecule has 0 aromatic heterocycles. The molecule has 54 heavy (non-hydrogen) atoms. The number of urea groups is 1. The van der Waals surface area contributed by atoms with Crippen molar-refractivity contribution in [2.24, 2.45) is 0 Å². The number of amides is 5. The normalized spacial score (nSPS) is 16.8. The van der Waals surface area contributed by atoms with Gasteiger partial charge in [-0.2, -0.15) is 10.3 Å². The van der Waals surface area contributed by atoms with Crippen LogP contribution in [0.5, 0.6) is 0 Å². The number of nitrogens with zero attached hydrogens (tertiary/aromatic N) is 5. The van der Waals surface area contributed by atoms with Crippen LogP contribution in [0.4, 0.5) is 15.3 Å². The molecule has 12 heteroatoms. The lowest BCUT2D eigenvalue weighted by Crippen LogP contribution is -2.66. The van der Waals surface area contributed by atoms with Gasteiger partial charge in [0.1, 0.15) is 25.4 Å². The Morgan fingerprint density at radius 2 is 1.50 bits per heavy atom. The second kappa shape index (κ2) is 16.3. The van der Waals surface area contributed by atoms with E-state index in [4.69, 9.17) is 4.74 Å². The third-order valence-electron chi connectivity index (χ3n) is 9.70. The monoisotopic (exact) mass is 721 g/mol. The third kappa shape index (κ3) is 8.01. The maximum absolute atomic E-state index is 14.5. The van der Waals surface area contributed by atoms with Crippen LogP contribution in [-0.2, 0) is 40.4 Å². The van der Waals surface area contributed by atoms with Crippen molar-refractivity contribution in [1.82, 2.24) is 25.1 Å². The summed E-state index contributed by atoms with van der Waals surface area (Å²) in [6.45, 7) is 0.322. The Morgan fingerprint density at radius 3 is 2.24 bits per heavy atom. The van der Waals surface area contributed by atoms with Crippen LogP contribution in [0.15, 0.2) is 127 Å². The van der Waals surface area contributed by atoms with Gasteiger partial charge in [-0.3, -0.25) is 14.9 Å². The number of piperazine rings is 1. The molecular formula is C42H39N7O5. The van der Waals surface area contributed by atoms with E-state index in [1.54, 1.807) is 39.1 Å². The lowest BCUT2D eigenvalue weighted by Gasteiger charge is -2.46. The number of hydrogen-bond acceptors (Lipinski definition) is 7. The van der Waals surface area contributed by atoms with Crippen LogP contribution in [0.25, 0.3) is 10.8 Å². The Labute approximate surface area is 313 Å². The number of carbonyl (C=O) groups excluding carboxylic acids is 4. The predicted molar refractivity (Wildman–Crippen MR) is 202 cm³/mol.